The molecule has 0 spiro atoms. The Morgan fingerprint density at radius 2 is 2.07 bits per heavy atom. The normalized spacial score (nSPS) is 20.7. The van der Waals surface area contributed by atoms with Crippen molar-refractivity contribution in [3.63, 3.8) is 0 Å². The van der Waals surface area contributed by atoms with E-state index >= 15 is 0 Å². The number of benzene rings is 1. The number of aryl methyl sites for hydroxylation is 2. The van der Waals surface area contributed by atoms with Crippen molar-refractivity contribution in [1.29, 1.82) is 0 Å². The highest BCUT2D eigenvalue weighted by atomic mass is 32.1. The van der Waals surface area contributed by atoms with E-state index in [1.54, 1.807) is 4.90 Å². The Hall–Kier alpha value is -2.18. The Balaban J connectivity index is 1.74. The van der Waals surface area contributed by atoms with Gasteiger partial charge >= 0.3 is 0 Å². The van der Waals surface area contributed by atoms with Crippen molar-refractivity contribution in [3.8, 4) is 0 Å². The first kappa shape index (κ1) is 19.6. The summed E-state index contributed by atoms with van der Waals surface area (Å²) in [6.07, 6.45) is 0. The van der Waals surface area contributed by atoms with Crippen LogP contribution in [0.15, 0.2) is 35.7 Å². The first-order valence-corrected chi connectivity index (χ1v) is 10.1. The van der Waals surface area contributed by atoms with E-state index in [1.807, 2.05) is 38.4 Å². The highest BCUT2D eigenvalue weighted by Crippen LogP contribution is 2.20. The summed E-state index contributed by atoms with van der Waals surface area (Å²) < 4.78 is 0. The molecule has 0 bridgehead atoms. The molecular formula is C21H27N3O2S. The third-order valence-electron chi connectivity index (χ3n) is 5.20. The summed E-state index contributed by atoms with van der Waals surface area (Å²) >= 11 is 1.46. The van der Waals surface area contributed by atoms with E-state index < -0.39 is 0 Å². The minimum absolute atomic E-state index is 0.0368. The van der Waals surface area contributed by atoms with Crippen LogP contribution in [0.4, 0.5) is 0 Å². The molecule has 3 rings (SSSR count). The molecule has 2 aromatic rings. The summed E-state index contributed by atoms with van der Waals surface area (Å²) in [6.45, 7) is 7.80. The summed E-state index contributed by atoms with van der Waals surface area (Å²) in [6, 6.07) is 10.2. The van der Waals surface area contributed by atoms with Crippen LogP contribution in [0.1, 0.15) is 33.3 Å². The second-order valence-electron chi connectivity index (χ2n) is 7.35. The smallest absolute Gasteiger partial charge is 0.261 e. The largest absolute Gasteiger partial charge is 0.350 e. The summed E-state index contributed by atoms with van der Waals surface area (Å²) in [5, 5.41) is 5.00. The molecule has 0 unspecified atom stereocenters. The number of piperazine rings is 1. The Morgan fingerprint density at radius 3 is 2.74 bits per heavy atom. The Labute approximate surface area is 165 Å². The SMILES string of the molecule is Cc1cccc(CN2[C@H](CNC(=O)c3sccc3C)CN(C)C(=O)[C@@H]2C)c1. The van der Waals surface area contributed by atoms with Crippen molar-refractivity contribution in [1.82, 2.24) is 15.1 Å². The number of carbonyl (C=O) groups is 2. The first-order chi connectivity index (χ1) is 12.9. The standard InChI is InChI=1S/C21H27N3O2S/c1-14-6-5-7-17(10-14)12-24-16(3)21(26)23(4)13-18(24)11-22-20(25)19-15(2)8-9-27-19/h5-10,16,18H,11-13H2,1-4H3,(H,22,25)/t16-,18+/m0/s1. The van der Waals surface area contributed by atoms with E-state index in [1.165, 1.54) is 22.5 Å². The molecule has 2 heterocycles. The van der Waals surface area contributed by atoms with Crippen LogP contribution in [0.25, 0.3) is 0 Å². The van der Waals surface area contributed by atoms with Crippen LogP contribution >= 0.6 is 11.3 Å². The van der Waals surface area contributed by atoms with Gasteiger partial charge in [0.05, 0.1) is 10.9 Å². The second-order valence-corrected chi connectivity index (χ2v) is 8.27. The van der Waals surface area contributed by atoms with E-state index in [2.05, 4.69) is 35.3 Å². The van der Waals surface area contributed by atoms with E-state index in [0.29, 0.717) is 19.6 Å². The average Bonchev–Trinajstić information content (AvgIpc) is 3.06. The number of likely N-dealkylation sites (N-methyl/N-ethyl adjacent to an activating group) is 1. The van der Waals surface area contributed by atoms with Gasteiger partial charge in [0.15, 0.2) is 0 Å². The van der Waals surface area contributed by atoms with Crippen LogP contribution < -0.4 is 5.32 Å². The first-order valence-electron chi connectivity index (χ1n) is 9.25. The lowest BCUT2D eigenvalue weighted by Crippen LogP contribution is -2.62. The Kier molecular flexibility index (Phi) is 5.97. The average molecular weight is 386 g/mol. The molecule has 0 aliphatic carbocycles. The lowest BCUT2D eigenvalue weighted by Gasteiger charge is -2.44. The number of thiophene rings is 1. The van der Waals surface area contributed by atoms with Crippen LogP contribution in [-0.4, -0.2) is 53.8 Å². The van der Waals surface area contributed by atoms with Crippen molar-refractivity contribution in [2.45, 2.75) is 39.4 Å². The lowest BCUT2D eigenvalue weighted by molar-refractivity contribution is -0.142. The number of hydrogen-bond acceptors (Lipinski definition) is 4. The molecule has 1 N–H and O–H groups in total. The Morgan fingerprint density at radius 1 is 1.30 bits per heavy atom. The number of nitrogens with zero attached hydrogens (tertiary/aromatic N) is 2. The maximum absolute atomic E-state index is 12.5. The summed E-state index contributed by atoms with van der Waals surface area (Å²) in [5.41, 5.74) is 3.39. The van der Waals surface area contributed by atoms with Crippen LogP contribution in [0.3, 0.4) is 0 Å². The molecule has 1 saturated heterocycles. The highest BCUT2D eigenvalue weighted by molar-refractivity contribution is 7.12. The number of hydrogen-bond donors (Lipinski definition) is 1. The van der Waals surface area contributed by atoms with E-state index in [0.717, 1.165) is 10.4 Å². The number of nitrogens with one attached hydrogen (secondary N) is 1. The molecule has 1 aromatic heterocycles. The van der Waals surface area contributed by atoms with Crippen LogP contribution in [0, 0.1) is 13.8 Å². The monoisotopic (exact) mass is 385 g/mol. The molecule has 27 heavy (non-hydrogen) atoms. The maximum atomic E-state index is 12.5. The third kappa shape index (κ3) is 4.39. The molecule has 1 aliphatic rings. The fourth-order valence-corrected chi connectivity index (χ4v) is 4.49. The number of carbonyl (C=O) groups excluding carboxylic acids is 2. The molecule has 144 valence electrons. The third-order valence-corrected chi connectivity index (χ3v) is 6.21. The zero-order valence-electron chi connectivity index (χ0n) is 16.4. The molecule has 0 radical (unpaired) electrons. The quantitative estimate of drug-likeness (QED) is 0.861. The van der Waals surface area contributed by atoms with Gasteiger partial charge in [0.1, 0.15) is 0 Å². The molecule has 0 saturated carbocycles. The van der Waals surface area contributed by atoms with Gasteiger partial charge in [-0.3, -0.25) is 14.5 Å². The predicted molar refractivity (Wildman–Crippen MR) is 109 cm³/mol. The van der Waals surface area contributed by atoms with Crippen LogP contribution in [0.2, 0.25) is 0 Å². The molecule has 6 heteroatoms. The van der Waals surface area contributed by atoms with Gasteiger partial charge in [-0.05, 0) is 43.3 Å². The van der Waals surface area contributed by atoms with Gasteiger partial charge in [0.2, 0.25) is 5.91 Å². The van der Waals surface area contributed by atoms with Gasteiger partial charge in [-0.2, -0.15) is 0 Å². The summed E-state index contributed by atoms with van der Waals surface area (Å²) in [5.74, 6) is 0.0875. The zero-order chi connectivity index (χ0) is 19.6. The molecule has 1 aromatic carbocycles. The lowest BCUT2D eigenvalue weighted by atomic mass is 10.0. The minimum atomic E-state index is -0.213. The van der Waals surface area contributed by atoms with E-state index in [-0.39, 0.29) is 23.9 Å². The molecule has 1 aliphatic heterocycles. The van der Waals surface area contributed by atoms with Crippen molar-refractivity contribution in [2.75, 3.05) is 20.1 Å². The number of amides is 2. The zero-order valence-corrected chi connectivity index (χ0v) is 17.2. The van der Waals surface area contributed by atoms with Gasteiger partial charge in [0, 0.05) is 32.7 Å². The van der Waals surface area contributed by atoms with Crippen LogP contribution in [0.5, 0.6) is 0 Å². The van der Waals surface area contributed by atoms with Gasteiger partial charge < -0.3 is 10.2 Å². The summed E-state index contributed by atoms with van der Waals surface area (Å²) in [7, 11) is 1.83. The van der Waals surface area contributed by atoms with Crippen molar-refractivity contribution < 1.29 is 9.59 Å². The predicted octanol–water partition coefficient (Wildman–Crippen LogP) is 2.83. The topological polar surface area (TPSA) is 52.7 Å². The molecule has 1 fully saturated rings. The van der Waals surface area contributed by atoms with Crippen LogP contribution in [-0.2, 0) is 11.3 Å². The molecular weight excluding hydrogens is 358 g/mol. The van der Waals surface area contributed by atoms with Crippen molar-refractivity contribution in [2.24, 2.45) is 0 Å². The molecule has 2 amide bonds. The molecule has 2 atom stereocenters. The van der Waals surface area contributed by atoms with E-state index in [9.17, 15) is 9.59 Å². The van der Waals surface area contributed by atoms with Gasteiger partial charge in [-0.15, -0.1) is 11.3 Å². The van der Waals surface area contributed by atoms with Crippen molar-refractivity contribution in [3.05, 3.63) is 57.3 Å². The second kappa shape index (κ2) is 8.23. The van der Waals surface area contributed by atoms with Gasteiger partial charge in [-0.1, -0.05) is 29.8 Å². The summed E-state index contributed by atoms with van der Waals surface area (Å²) in [4.78, 5) is 29.7. The minimum Gasteiger partial charge on any atom is -0.350 e. The maximum Gasteiger partial charge on any atom is 0.261 e. The Bertz CT molecular complexity index is 832. The van der Waals surface area contributed by atoms with Gasteiger partial charge in [-0.25, -0.2) is 0 Å². The highest BCUT2D eigenvalue weighted by Gasteiger charge is 2.36. The van der Waals surface area contributed by atoms with E-state index in [4.69, 9.17) is 0 Å². The fourth-order valence-electron chi connectivity index (χ4n) is 3.65. The molecule has 5 nitrogen and oxygen atoms in total. The van der Waals surface area contributed by atoms with Crippen molar-refractivity contribution >= 4 is 23.2 Å². The van der Waals surface area contributed by atoms with Gasteiger partial charge in [0.25, 0.3) is 5.91 Å². The number of rotatable bonds is 5. The fraction of sp³-hybridized carbons (Fsp3) is 0.429.